The molecule has 4 aromatic rings. The summed E-state index contributed by atoms with van der Waals surface area (Å²) in [4.78, 5) is 11.8. The van der Waals surface area contributed by atoms with E-state index in [1.54, 1.807) is 13.0 Å². The first kappa shape index (κ1) is 18.3. The van der Waals surface area contributed by atoms with Gasteiger partial charge in [0.25, 0.3) is 0 Å². The summed E-state index contributed by atoms with van der Waals surface area (Å²) in [5.41, 5.74) is 2.35. The van der Waals surface area contributed by atoms with Gasteiger partial charge in [0.05, 0.1) is 12.9 Å². The number of fused-ring (bicyclic) bond motifs is 1. The van der Waals surface area contributed by atoms with E-state index < -0.39 is 5.97 Å². The van der Waals surface area contributed by atoms with Gasteiger partial charge in [-0.2, -0.15) is 0 Å². The summed E-state index contributed by atoms with van der Waals surface area (Å²) >= 11 is 1.53. The molecule has 0 bridgehead atoms. The largest absolute Gasteiger partial charge is 0.465 e. The van der Waals surface area contributed by atoms with Crippen LogP contribution in [0.4, 0.5) is 0 Å². The van der Waals surface area contributed by atoms with Crippen LogP contribution < -0.4 is 0 Å². The lowest BCUT2D eigenvalue weighted by Crippen LogP contribution is -2.00. The monoisotopic (exact) mass is 390 g/mol. The summed E-state index contributed by atoms with van der Waals surface area (Å²) in [6, 6.07) is 19.9. The first-order valence-electron chi connectivity index (χ1n) is 8.78. The Hall–Kier alpha value is -3.12. The number of thioether (sulfide) groups is 1. The molecule has 0 unspecified atom stereocenters. The van der Waals surface area contributed by atoms with E-state index in [9.17, 15) is 4.79 Å². The van der Waals surface area contributed by atoms with Crippen LogP contribution in [0.3, 0.4) is 0 Å². The highest BCUT2D eigenvalue weighted by molar-refractivity contribution is 7.98. The first-order valence-corrected chi connectivity index (χ1v) is 9.77. The number of carbonyl (C=O) groups excluding carboxylic acids is 1. The molecule has 5 nitrogen and oxygen atoms in total. The quantitative estimate of drug-likeness (QED) is 0.341. The van der Waals surface area contributed by atoms with E-state index >= 15 is 0 Å². The molecule has 2 heterocycles. The van der Waals surface area contributed by atoms with Gasteiger partial charge in [0.1, 0.15) is 27.8 Å². The highest BCUT2D eigenvalue weighted by Crippen LogP contribution is 2.33. The summed E-state index contributed by atoms with van der Waals surface area (Å²) in [6.07, 6.45) is 0. The van der Waals surface area contributed by atoms with Crippen molar-refractivity contribution in [3.05, 3.63) is 77.7 Å². The number of methoxy groups -OCH3 is 1. The van der Waals surface area contributed by atoms with Gasteiger partial charge in [0.2, 0.25) is 0 Å². The zero-order chi connectivity index (χ0) is 19.5. The number of aromatic nitrogens is 2. The van der Waals surface area contributed by atoms with Crippen molar-refractivity contribution in [2.45, 2.75) is 17.7 Å². The number of carbonyl (C=O) groups is 1. The molecule has 0 saturated carbocycles. The van der Waals surface area contributed by atoms with Crippen LogP contribution in [0.15, 0.2) is 70.1 Å². The predicted octanol–water partition coefficient (Wildman–Crippen LogP) is 5.28. The Kier molecular flexibility index (Phi) is 5.12. The van der Waals surface area contributed by atoms with Gasteiger partial charge in [-0.1, -0.05) is 66.4 Å². The Morgan fingerprint density at radius 2 is 1.75 bits per heavy atom. The fraction of sp³-hybridized carbons (Fsp3) is 0.136. The maximum absolute atomic E-state index is 11.8. The van der Waals surface area contributed by atoms with Crippen LogP contribution in [-0.4, -0.2) is 23.3 Å². The number of nitrogens with zero attached hydrogens (tertiary/aromatic N) is 2. The second-order valence-corrected chi connectivity index (χ2v) is 7.19. The average Bonchev–Trinajstić information content (AvgIpc) is 3.12. The van der Waals surface area contributed by atoms with Gasteiger partial charge in [-0.05, 0) is 13.0 Å². The lowest BCUT2D eigenvalue weighted by molar-refractivity contribution is 0.0599. The Balaban J connectivity index is 1.65. The summed E-state index contributed by atoms with van der Waals surface area (Å²) in [5.74, 6) is 1.40. The Morgan fingerprint density at radius 1 is 1.04 bits per heavy atom. The van der Waals surface area contributed by atoms with Crippen LogP contribution in [0.2, 0.25) is 0 Å². The molecule has 0 N–H and O–H groups in total. The molecule has 28 heavy (non-hydrogen) atoms. The minimum atomic E-state index is -0.394. The number of benzene rings is 2. The standard InChI is InChI=1S/C22H18N2O3S/c1-14-19(22(25)26-2)12-16(27-14)13-28-21-18-11-7-6-10-17(18)20(23-24-21)15-8-4-3-5-9-15/h3-12H,13H2,1-2H3. The molecule has 2 aromatic carbocycles. The molecule has 0 aliphatic heterocycles. The number of hydrogen-bond acceptors (Lipinski definition) is 6. The van der Waals surface area contributed by atoms with E-state index in [-0.39, 0.29) is 0 Å². The number of hydrogen-bond donors (Lipinski definition) is 0. The maximum atomic E-state index is 11.8. The molecule has 0 aliphatic carbocycles. The molecule has 2 aromatic heterocycles. The van der Waals surface area contributed by atoms with Crippen molar-refractivity contribution in [1.29, 1.82) is 0 Å². The topological polar surface area (TPSA) is 65.2 Å². The van der Waals surface area contributed by atoms with E-state index in [4.69, 9.17) is 9.15 Å². The second kappa shape index (κ2) is 7.86. The zero-order valence-corrected chi connectivity index (χ0v) is 16.3. The van der Waals surface area contributed by atoms with Crippen molar-refractivity contribution in [2.24, 2.45) is 0 Å². The van der Waals surface area contributed by atoms with Crippen molar-refractivity contribution in [3.8, 4) is 11.3 Å². The van der Waals surface area contributed by atoms with Gasteiger partial charge in [0.15, 0.2) is 0 Å². The van der Waals surface area contributed by atoms with Crippen molar-refractivity contribution in [3.63, 3.8) is 0 Å². The predicted molar refractivity (Wildman–Crippen MR) is 109 cm³/mol. The van der Waals surface area contributed by atoms with Gasteiger partial charge >= 0.3 is 5.97 Å². The number of furan rings is 1. The van der Waals surface area contributed by atoms with Gasteiger partial charge in [-0.25, -0.2) is 4.79 Å². The Bertz CT molecular complexity index is 1140. The summed E-state index contributed by atoms with van der Waals surface area (Å²) in [6.45, 7) is 1.75. The molecular formula is C22H18N2O3S. The molecule has 0 amide bonds. The maximum Gasteiger partial charge on any atom is 0.341 e. The van der Waals surface area contributed by atoms with Gasteiger partial charge in [-0.15, -0.1) is 10.2 Å². The number of ether oxygens (including phenoxy) is 1. The van der Waals surface area contributed by atoms with Crippen LogP contribution in [0.5, 0.6) is 0 Å². The SMILES string of the molecule is COC(=O)c1cc(CSc2nnc(-c3ccccc3)c3ccccc23)oc1C. The van der Waals surface area contributed by atoms with Gasteiger partial charge in [-0.3, -0.25) is 0 Å². The van der Waals surface area contributed by atoms with Gasteiger partial charge < -0.3 is 9.15 Å². The van der Waals surface area contributed by atoms with Gasteiger partial charge in [0, 0.05) is 16.3 Å². The van der Waals surface area contributed by atoms with Crippen molar-refractivity contribution in [2.75, 3.05) is 7.11 Å². The number of rotatable bonds is 5. The normalized spacial score (nSPS) is 10.9. The molecule has 140 valence electrons. The van der Waals surface area contributed by atoms with Crippen LogP contribution in [0.25, 0.3) is 22.0 Å². The van der Waals surface area contributed by atoms with E-state index in [2.05, 4.69) is 16.3 Å². The molecule has 0 spiro atoms. The summed E-state index contributed by atoms with van der Waals surface area (Å²) < 4.78 is 10.5. The molecule has 4 rings (SSSR count). The minimum Gasteiger partial charge on any atom is -0.465 e. The van der Waals surface area contributed by atoms with Crippen molar-refractivity contribution >= 4 is 28.5 Å². The van der Waals surface area contributed by atoms with Crippen LogP contribution in [-0.2, 0) is 10.5 Å². The van der Waals surface area contributed by atoms with E-state index in [1.165, 1.54) is 18.9 Å². The van der Waals surface area contributed by atoms with E-state index in [0.717, 1.165) is 27.1 Å². The molecular weight excluding hydrogens is 372 g/mol. The van der Waals surface area contributed by atoms with Crippen molar-refractivity contribution < 1.29 is 13.9 Å². The molecule has 0 radical (unpaired) electrons. The molecule has 0 saturated heterocycles. The fourth-order valence-electron chi connectivity index (χ4n) is 3.06. The third-order valence-electron chi connectivity index (χ3n) is 4.43. The number of esters is 1. The number of aryl methyl sites for hydroxylation is 1. The molecule has 6 heteroatoms. The molecule has 0 atom stereocenters. The zero-order valence-electron chi connectivity index (χ0n) is 15.5. The Labute approximate surface area is 166 Å². The highest BCUT2D eigenvalue weighted by atomic mass is 32.2. The molecule has 0 aliphatic rings. The van der Waals surface area contributed by atoms with Crippen LogP contribution in [0.1, 0.15) is 21.9 Å². The highest BCUT2D eigenvalue weighted by Gasteiger charge is 2.17. The second-order valence-electron chi connectivity index (χ2n) is 6.23. The third kappa shape index (κ3) is 3.51. The van der Waals surface area contributed by atoms with Crippen LogP contribution in [0, 0.1) is 6.92 Å². The van der Waals surface area contributed by atoms with Crippen LogP contribution >= 0.6 is 11.8 Å². The average molecular weight is 390 g/mol. The Morgan fingerprint density at radius 3 is 2.50 bits per heavy atom. The fourth-order valence-corrected chi connectivity index (χ4v) is 3.92. The van der Waals surface area contributed by atoms with E-state index in [0.29, 0.717) is 22.8 Å². The summed E-state index contributed by atoms with van der Waals surface area (Å²) in [7, 11) is 1.36. The molecule has 0 fully saturated rings. The van der Waals surface area contributed by atoms with E-state index in [1.807, 2.05) is 48.5 Å². The minimum absolute atomic E-state index is 0.394. The first-order chi connectivity index (χ1) is 13.7. The smallest absolute Gasteiger partial charge is 0.341 e. The summed E-state index contributed by atoms with van der Waals surface area (Å²) in [5, 5.41) is 11.9. The van der Waals surface area contributed by atoms with Crippen molar-refractivity contribution in [1.82, 2.24) is 10.2 Å². The lowest BCUT2D eigenvalue weighted by atomic mass is 10.1. The third-order valence-corrected chi connectivity index (χ3v) is 5.43. The lowest BCUT2D eigenvalue weighted by Gasteiger charge is -2.08.